The van der Waals surface area contributed by atoms with E-state index in [9.17, 15) is 4.79 Å². The maximum atomic E-state index is 11.1. The van der Waals surface area contributed by atoms with Crippen molar-refractivity contribution >= 4 is 23.3 Å². The fourth-order valence-electron chi connectivity index (χ4n) is 1.03. The lowest BCUT2D eigenvalue weighted by Crippen LogP contribution is -2.03. The Kier molecular flexibility index (Phi) is 2.78. The van der Waals surface area contributed by atoms with Crippen molar-refractivity contribution in [2.75, 3.05) is 12.8 Å². The summed E-state index contributed by atoms with van der Waals surface area (Å²) in [6.07, 6.45) is 0. The van der Waals surface area contributed by atoms with Crippen molar-refractivity contribution in [1.29, 1.82) is 0 Å². The summed E-state index contributed by atoms with van der Waals surface area (Å²) in [7, 11) is 1.32. The summed E-state index contributed by atoms with van der Waals surface area (Å²) in [5, 5.41) is 0.479. The molecule has 0 amide bonds. The van der Waals surface area contributed by atoms with Crippen LogP contribution in [0.3, 0.4) is 0 Å². The zero-order valence-corrected chi connectivity index (χ0v) is 8.18. The Labute approximate surface area is 81.4 Å². The molecule has 4 heteroatoms. The van der Waals surface area contributed by atoms with E-state index in [1.807, 2.05) is 0 Å². The zero-order valence-electron chi connectivity index (χ0n) is 7.43. The standard InChI is InChI=1S/C9H10ClNO2/c1-5-3-6(9(12)13-2)4-7(11)8(5)10/h3-4H,11H2,1-2H3. The van der Waals surface area contributed by atoms with Crippen LogP contribution in [-0.2, 0) is 4.74 Å². The van der Waals surface area contributed by atoms with Gasteiger partial charge in [0.25, 0.3) is 0 Å². The molecule has 0 bridgehead atoms. The third-order valence-electron chi connectivity index (χ3n) is 1.70. The summed E-state index contributed by atoms with van der Waals surface area (Å²) in [6, 6.07) is 3.14. The van der Waals surface area contributed by atoms with E-state index >= 15 is 0 Å². The number of aryl methyl sites for hydroxylation is 1. The van der Waals surface area contributed by atoms with Crippen LogP contribution in [-0.4, -0.2) is 13.1 Å². The van der Waals surface area contributed by atoms with E-state index in [2.05, 4.69) is 4.74 Å². The summed E-state index contributed by atoms with van der Waals surface area (Å²) in [5.74, 6) is -0.411. The molecule has 0 saturated heterocycles. The first-order valence-corrected chi connectivity index (χ1v) is 4.08. The molecule has 0 saturated carbocycles. The van der Waals surface area contributed by atoms with E-state index in [0.717, 1.165) is 5.56 Å². The number of nitrogen functional groups attached to an aromatic ring is 1. The third kappa shape index (κ3) is 1.92. The van der Waals surface area contributed by atoms with Crippen LogP contribution in [0, 0.1) is 6.92 Å². The molecule has 0 fully saturated rings. The normalized spacial score (nSPS) is 9.77. The van der Waals surface area contributed by atoms with Gasteiger partial charge in [-0.3, -0.25) is 0 Å². The van der Waals surface area contributed by atoms with Crippen molar-refractivity contribution < 1.29 is 9.53 Å². The monoisotopic (exact) mass is 199 g/mol. The molecule has 0 atom stereocenters. The zero-order chi connectivity index (χ0) is 10.0. The van der Waals surface area contributed by atoms with Gasteiger partial charge in [-0.15, -0.1) is 0 Å². The second kappa shape index (κ2) is 3.66. The van der Waals surface area contributed by atoms with E-state index in [1.165, 1.54) is 13.2 Å². The molecule has 0 aliphatic rings. The van der Waals surface area contributed by atoms with Crippen molar-refractivity contribution in [3.8, 4) is 0 Å². The molecule has 0 unspecified atom stereocenters. The van der Waals surface area contributed by atoms with Gasteiger partial charge in [-0.05, 0) is 24.6 Å². The molecule has 3 nitrogen and oxygen atoms in total. The summed E-state index contributed by atoms with van der Waals surface area (Å²) in [6.45, 7) is 1.78. The predicted molar refractivity (Wildman–Crippen MR) is 51.9 cm³/mol. The smallest absolute Gasteiger partial charge is 0.337 e. The van der Waals surface area contributed by atoms with Crippen molar-refractivity contribution in [3.63, 3.8) is 0 Å². The maximum absolute atomic E-state index is 11.1. The fourth-order valence-corrected chi connectivity index (χ4v) is 1.14. The van der Waals surface area contributed by atoms with Crippen LogP contribution in [0.15, 0.2) is 12.1 Å². The summed E-state index contributed by atoms with van der Waals surface area (Å²) in [4.78, 5) is 11.1. The molecular formula is C9H10ClNO2. The van der Waals surface area contributed by atoms with E-state index in [1.54, 1.807) is 13.0 Å². The van der Waals surface area contributed by atoms with Gasteiger partial charge in [-0.2, -0.15) is 0 Å². The van der Waals surface area contributed by atoms with Crippen LogP contribution in [0.1, 0.15) is 15.9 Å². The average Bonchev–Trinajstić information content (AvgIpc) is 2.12. The van der Waals surface area contributed by atoms with Gasteiger partial charge in [0.2, 0.25) is 0 Å². The Hall–Kier alpha value is -1.22. The molecular weight excluding hydrogens is 190 g/mol. The molecule has 1 rings (SSSR count). The summed E-state index contributed by atoms with van der Waals surface area (Å²) < 4.78 is 4.55. The van der Waals surface area contributed by atoms with E-state index in [4.69, 9.17) is 17.3 Å². The number of ether oxygens (including phenoxy) is 1. The molecule has 0 heterocycles. The Morgan fingerprint density at radius 2 is 2.15 bits per heavy atom. The number of esters is 1. The van der Waals surface area contributed by atoms with Crippen LogP contribution >= 0.6 is 11.6 Å². The first-order valence-electron chi connectivity index (χ1n) is 3.70. The second-order valence-electron chi connectivity index (χ2n) is 2.69. The Bertz CT molecular complexity index is 326. The van der Waals surface area contributed by atoms with Crippen molar-refractivity contribution in [2.45, 2.75) is 6.92 Å². The van der Waals surface area contributed by atoms with Gasteiger partial charge >= 0.3 is 5.97 Å². The van der Waals surface area contributed by atoms with E-state index < -0.39 is 5.97 Å². The van der Waals surface area contributed by atoms with Gasteiger partial charge in [-0.1, -0.05) is 11.6 Å². The lowest BCUT2D eigenvalue weighted by Gasteiger charge is -2.05. The largest absolute Gasteiger partial charge is 0.465 e. The molecule has 1 aromatic rings. The SMILES string of the molecule is COC(=O)c1cc(C)c(Cl)c(N)c1. The molecule has 2 N–H and O–H groups in total. The minimum Gasteiger partial charge on any atom is -0.465 e. The quantitative estimate of drug-likeness (QED) is 0.556. The number of carbonyl (C=O) groups excluding carboxylic acids is 1. The number of hydrogen-bond donors (Lipinski definition) is 1. The summed E-state index contributed by atoms with van der Waals surface area (Å²) >= 11 is 5.82. The number of methoxy groups -OCH3 is 1. The minimum atomic E-state index is -0.411. The predicted octanol–water partition coefficient (Wildman–Crippen LogP) is 2.02. The van der Waals surface area contributed by atoms with Gasteiger partial charge in [-0.25, -0.2) is 4.79 Å². The van der Waals surface area contributed by atoms with Crippen molar-refractivity contribution in [3.05, 3.63) is 28.3 Å². The molecule has 1 aromatic carbocycles. The van der Waals surface area contributed by atoms with Gasteiger partial charge < -0.3 is 10.5 Å². The topological polar surface area (TPSA) is 52.3 Å². The number of halogens is 1. The van der Waals surface area contributed by atoms with Crippen LogP contribution in [0.5, 0.6) is 0 Å². The highest BCUT2D eigenvalue weighted by Crippen LogP contribution is 2.24. The molecule has 0 radical (unpaired) electrons. The highest BCUT2D eigenvalue weighted by molar-refractivity contribution is 6.34. The maximum Gasteiger partial charge on any atom is 0.337 e. The van der Waals surface area contributed by atoms with Crippen LogP contribution < -0.4 is 5.73 Å². The second-order valence-corrected chi connectivity index (χ2v) is 3.07. The van der Waals surface area contributed by atoms with Crippen LogP contribution in [0.25, 0.3) is 0 Å². The molecule has 13 heavy (non-hydrogen) atoms. The number of hydrogen-bond acceptors (Lipinski definition) is 3. The molecule has 70 valence electrons. The van der Waals surface area contributed by atoms with Gasteiger partial charge in [0.1, 0.15) is 0 Å². The van der Waals surface area contributed by atoms with Gasteiger partial charge in [0.15, 0.2) is 0 Å². The Morgan fingerprint density at radius 3 is 2.62 bits per heavy atom. The number of carbonyl (C=O) groups is 1. The lowest BCUT2D eigenvalue weighted by molar-refractivity contribution is 0.0600. The Morgan fingerprint density at radius 1 is 1.54 bits per heavy atom. The number of rotatable bonds is 1. The fraction of sp³-hybridized carbons (Fsp3) is 0.222. The van der Waals surface area contributed by atoms with Gasteiger partial charge in [0.05, 0.1) is 23.4 Å². The van der Waals surface area contributed by atoms with Gasteiger partial charge in [0, 0.05) is 0 Å². The highest BCUT2D eigenvalue weighted by atomic mass is 35.5. The minimum absolute atomic E-state index is 0.391. The number of benzene rings is 1. The van der Waals surface area contributed by atoms with E-state index in [-0.39, 0.29) is 0 Å². The number of nitrogens with two attached hydrogens (primary N) is 1. The third-order valence-corrected chi connectivity index (χ3v) is 2.22. The number of anilines is 1. The first-order chi connectivity index (χ1) is 6.06. The van der Waals surface area contributed by atoms with Crippen LogP contribution in [0.4, 0.5) is 5.69 Å². The molecule has 0 aromatic heterocycles. The molecule has 0 aliphatic heterocycles. The van der Waals surface area contributed by atoms with Crippen molar-refractivity contribution in [2.24, 2.45) is 0 Å². The average molecular weight is 200 g/mol. The lowest BCUT2D eigenvalue weighted by atomic mass is 10.1. The van der Waals surface area contributed by atoms with Crippen LogP contribution in [0.2, 0.25) is 5.02 Å². The summed E-state index contributed by atoms with van der Waals surface area (Å²) in [5.41, 5.74) is 7.15. The molecule has 0 spiro atoms. The first kappa shape index (κ1) is 9.86. The van der Waals surface area contributed by atoms with E-state index in [0.29, 0.717) is 16.3 Å². The highest BCUT2D eigenvalue weighted by Gasteiger charge is 2.09. The van der Waals surface area contributed by atoms with Crippen molar-refractivity contribution in [1.82, 2.24) is 0 Å². The Balaban J connectivity index is 3.20. The molecule has 0 aliphatic carbocycles.